The average Bonchev–Trinajstić information content (AvgIpc) is 2.94. The van der Waals surface area contributed by atoms with Crippen molar-refractivity contribution in [3.8, 4) is 0 Å². The Kier molecular flexibility index (Phi) is 5.23. The third-order valence-corrected chi connectivity index (χ3v) is 6.50. The van der Waals surface area contributed by atoms with E-state index in [1.165, 1.54) is 64.8 Å². The van der Waals surface area contributed by atoms with Gasteiger partial charge in [-0.15, -0.1) is 0 Å². The van der Waals surface area contributed by atoms with Crippen molar-refractivity contribution in [3.63, 3.8) is 0 Å². The highest BCUT2D eigenvalue weighted by Crippen LogP contribution is 2.35. The summed E-state index contributed by atoms with van der Waals surface area (Å²) in [4.78, 5) is 5.51. The van der Waals surface area contributed by atoms with Crippen molar-refractivity contribution in [3.05, 3.63) is 0 Å². The van der Waals surface area contributed by atoms with Crippen LogP contribution in [0.1, 0.15) is 46.0 Å². The van der Waals surface area contributed by atoms with E-state index in [0.717, 1.165) is 29.8 Å². The van der Waals surface area contributed by atoms with E-state index in [1.807, 2.05) is 0 Å². The Labute approximate surface area is 131 Å². The van der Waals surface area contributed by atoms with E-state index in [1.54, 1.807) is 0 Å². The lowest BCUT2D eigenvalue weighted by molar-refractivity contribution is 0.0662. The Hall–Kier alpha value is -0.120. The van der Waals surface area contributed by atoms with Gasteiger partial charge in [-0.05, 0) is 63.5 Å². The lowest BCUT2D eigenvalue weighted by atomic mass is 9.73. The topological polar surface area (TPSA) is 18.5 Å². The van der Waals surface area contributed by atoms with E-state index < -0.39 is 0 Å². The fourth-order valence-electron chi connectivity index (χ4n) is 5.04. The lowest BCUT2D eigenvalue weighted by Crippen LogP contribution is -2.53. The number of fused-ring (bicyclic) bond motifs is 1. The van der Waals surface area contributed by atoms with Crippen LogP contribution in [0.15, 0.2) is 0 Å². The van der Waals surface area contributed by atoms with Crippen molar-refractivity contribution in [2.45, 2.75) is 58.0 Å². The summed E-state index contributed by atoms with van der Waals surface area (Å²) in [5, 5.41) is 3.61. The molecule has 1 saturated carbocycles. The molecule has 0 radical (unpaired) electrons. The molecule has 3 nitrogen and oxygen atoms in total. The van der Waals surface area contributed by atoms with Crippen molar-refractivity contribution < 1.29 is 0 Å². The molecule has 0 aromatic rings. The Bertz CT molecular complexity index is 330. The molecule has 3 rings (SSSR count). The van der Waals surface area contributed by atoms with Gasteiger partial charge in [0.2, 0.25) is 0 Å². The van der Waals surface area contributed by atoms with E-state index >= 15 is 0 Å². The summed E-state index contributed by atoms with van der Waals surface area (Å²) in [7, 11) is 2.17. The number of rotatable bonds is 4. The van der Waals surface area contributed by atoms with Gasteiger partial charge >= 0.3 is 0 Å². The molecule has 2 aliphatic heterocycles. The van der Waals surface area contributed by atoms with Crippen molar-refractivity contribution in [2.75, 3.05) is 39.8 Å². The highest BCUT2D eigenvalue weighted by molar-refractivity contribution is 4.91. The van der Waals surface area contributed by atoms with E-state index in [2.05, 4.69) is 36.0 Å². The summed E-state index contributed by atoms with van der Waals surface area (Å²) in [6.45, 7) is 11.5. The third-order valence-electron chi connectivity index (χ3n) is 6.50. The van der Waals surface area contributed by atoms with Gasteiger partial charge in [-0.1, -0.05) is 13.8 Å². The second-order valence-electron chi connectivity index (χ2n) is 8.06. The molecule has 2 heterocycles. The first-order chi connectivity index (χ1) is 10.2. The monoisotopic (exact) mass is 293 g/mol. The first-order valence-electron chi connectivity index (χ1n) is 9.31. The van der Waals surface area contributed by atoms with Gasteiger partial charge in [-0.2, -0.15) is 0 Å². The Morgan fingerprint density at radius 1 is 1.10 bits per heavy atom. The zero-order valence-electron chi connectivity index (χ0n) is 14.4. The maximum absolute atomic E-state index is 3.61. The summed E-state index contributed by atoms with van der Waals surface area (Å²) >= 11 is 0. The average molecular weight is 293 g/mol. The molecule has 1 N–H and O–H groups in total. The molecule has 2 saturated heterocycles. The van der Waals surface area contributed by atoms with Crippen LogP contribution in [-0.2, 0) is 0 Å². The molecule has 0 amide bonds. The minimum absolute atomic E-state index is 0.751. The SMILES string of the molecule is CNC1CCC(C(C)C)CC1CN1CCN2CCCC2C1. The molecule has 3 aliphatic rings. The molecule has 0 aromatic carbocycles. The standard InChI is InChI=1S/C18H35N3/c1-14(2)15-6-7-18(19-3)16(11-15)12-20-9-10-21-8-4-5-17(21)13-20/h14-19H,4-13H2,1-3H3. The number of hydrogen-bond acceptors (Lipinski definition) is 3. The van der Waals surface area contributed by atoms with Crippen LogP contribution in [0.3, 0.4) is 0 Å². The van der Waals surface area contributed by atoms with Crippen LogP contribution < -0.4 is 5.32 Å². The van der Waals surface area contributed by atoms with Gasteiger partial charge < -0.3 is 10.2 Å². The van der Waals surface area contributed by atoms with Crippen LogP contribution in [0, 0.1) is 17.8 Å². The van der Waals surface area contributed by atoms with Gasteiger partial charge in [-0.3, -0.25) is 4.90 Å². The molecular weight excluding hydrogens is 258 g/mol. The van der Waals surface area contributed by atoms with Gasteiger partial charge in [0.05, 0.1) is 0 Å². The Balaban J connectivity index is 1.56. The van der Waals surface area contributed by atoms with Crippen LogP contribution in [0.5, 0.6) is 0 Å². The Morgan fingerprint density at radius 3 is 2.71 bits per heavy atom. The molecule has 21 heavy (non-hydrogen) atoms. The smallest absolute Gasteiger partial charge is 0.0224 e. The van der Waals surface area contributed by atoms with Crippen LogP contribution in [-0.4, -0.2) is 61.7 Å². The molecule has 0 spiro atoms. The highest BCUT2D eigenvalue weighted by atomic mass is 15.3. The molecule has 4 unspecified atom stereocenters. The first kappa shape index (κ1) is 15.8. The molecule has 1 aliphatic carbocycles. The normalized spacial score (nSPS) is 38.9. The predicted molar refractivity (Wildman–Crippen MR) is 89.6 cm³/mol. The second-order valence-corrected chi connectivity index (χ2v) is 8.06. The van der Waals surface area contributed by atoms with E-state index in [9.17, 15) is 0 Å². The molecule has 0 aromatic heterocycles. The maximum atomic E-state index is 3.61. The van der Waals surface area contributed by atoms with Gasteiger partial charge in [0.1, 0.15) is 0 Å². The van der Waals surface area contributed by atoms with Gasteiger partial charge in [0.15, 0.2) is 0 Å². The number of piperazine rings is 1. The van der Waals surface area contributed by atoms with Gasteiger partial charge in [-0.25, -0.2) is 0 Å². The van der Waals surface area contributed by atoms with Gasteiger partial charge in [0.25, 0.3) is 0 Å². The van der Waals surface area contributed by atoms with Crippen LogP contribution >= 0.6 is 0 Å². The van der Waals surface area contributed by atoms with Crippen molar-refractivity contribution in [2.24, 2.45) is 17.8 Å². The van der Waals surface area contributed by atoms with E-state index in [-0.39, 0.29) is 0 Å². The summed E-state index contributed by atoms with van der Waals surface area (Å²) in [5.41, 5.74) is 0. The third kappa shape index (κ3) is 3.62. The van der Waals surface area contributed by atoms with Crippen molar-refractivity contribution in [1.82, 2.24) is 15.1 Å². The molecule has 0 bridgehead atoms. The number of nitrogens with one attached hydrogen (secondary N) is 1. The number of hydrogen-bond donors (Lipinski definition) is 1. The maximum Gasteiger partial charge on any atom is 0.0224 e. The molecule has 4 atom stereocenters. The largest absolute Gasteiger partial charge is 0.317 e. The fraction of sp³-hybridized carbons (Fsp3) is 1.00. The van der Waals surface area contributed by atoms with E-state index in [0.29, 0.717) is 0 Å². The highest BCUT2D eigenvalue weighted by Gasteiger charge is 2.35. The summed E-state index contributed by atoms with van der Waals surface area (Å²) in [6, 6.07) is 1.62. The fourth-order valence-corrected chi connectivity index (χ4v) is 5.04. The molecule has 3 fully saturated rings. The molecular formula is C18H35N3. The molecule has 3 heteroatoms. The summed E-state index contributed by atoms with van der Waals surface area (Å²) in [5.74, 6) is 2.67. The van der Waals surface area contributed by atoms with Crippen molar-refractivity contribution >= 4 is 0 Å². The van der Waals surface area contributed by atoms with Crippen LogP contribution in [0.2, 0.25) is 0 Å². The summed E-state index contributed by atoms with van der Waals surface area (Å²) < 4.78 is 0. The second kappa shape index (κ2) is 6.97. The Morgan fingerprint density at radius 2 is 1.95 bits per heavy atom. The summed E-state index contributed by atoms with van der Waals surface area (Å²) in [6.07, 6.45) is 7.11. The zero-order chi connectivity index (χ0) is 14.8. The minimum atomic E-state index is 0.751. The minimum Gasteiger partial charge on any atom is -0.317 e. The van der Waals surface area contributed by atoms with Crippen molar-refractivity contribution in [1.29, 1.82) is 0 Å². The van der Waals surface area contributed by atoms with Gasteiger partial charge in [0, 0.05) is 38.3 Å². The zero-order valence-corrected chi connectivity index (χ0v) is 14.4. The molecule has 122 valence electrons. The lowest BCUT2D eigenvalue weighted by Gasteiger charge is -2.43. The van der Waals surface area contributed by atoms with Crippen LogP contribution in [0.4, 0.5) is 0 Å². The number of nitrogens with zero attached hydrogens (tertiary/aromatic N) is 2. The predicted octanol–water partition coefficient (Wildman–Crippen LogP) is 2.43. The quantitative estimate of drug-likeness (QED) is 0.859. The van der Waals surface area contributed by atoms with Crippen LogP contribution in [0.25, 0.3) is 0 Å². The van der Waals surface area contributed by atoms with E-state index in [4.69, 9.17) is 0 Å². The first-order valence-corrected chi connectivity index (χ1v) is 9.31.